The molecule has 2 saturated heterocycles. The minimum Gasteiger partial charge on any atom is -0.338 e. The van der Waals surface area contributed by atoms with Crippen LogP contribution in [0, 0.1) is 5.41 Å². The number of piperidine rings is 1. The molecule has 3 rings (SSSR count). The van der Waals surface area contributed by atoms with E-state index in [0.29, 0.717) is 24.2 Å². The summed E-state index contributed by atoms with van der Waals surface area (Å²) in [4.78, 5) is 38.0. The van der Waals surface area contributed by atoms with Gasteiger partial charge in [0.15, 0.2) is 0 Å². The largest absolute Gasteiger partial charge is 0.338 e. The standard InChI is InChI=1S/C18H24N4O3/c1-17(2)10-22(9-8-13(17)19)14(23)11-4-6-12(7-5-11)18(3)15(24)20-16(25)21-18/h4-7,13H,8-10,19H2,1-3H3,(H2,20,21,24,25). The SMILES string of the molecule is CC1(c2ccc(C(=O)N3CCC(N)C(C)(C)C3)cc2)NC(=O)NC1=O. The molecule has 2 aliphatic rings. The Balaban J connectivity index is 1.78. The quantitative estimate of drug-likeness (QED) is 0.695. The van der Waals surface area contributed by atoms with Crippen LogP contribution in [0.4, 0.5) is 4.79 Å². The first kappa shape index (κ1) is 17.4. The highest BCUT2D eigenvalue weighted by atomic mass is 16.2. The topological polar surface area (TPSA) is 105 Å². The Morgan fingerprint density at radius 3 is 2.36 bits per heavy atom. The number of hydrogen-bond acceptors (Lipinski definition) is 4. The summed E-state index contributed by atoms with van der Waals surface area (Å²) in [5.41, 5.74) is 6.09. The van der Waals surface area contributed by atoms with Crippen LogP contribution < -0.4 is 16.4 Å². The number of nitrogens with two attached hydrogens (primary N) is 1. The van der Waals surface area contributed by atoms with Crippen LogP contribution in [0.5, 0.6) is 0 Å². The van der Waals surface area contributed by atoms with E-state index < -0.39 is 17.5 Å². The van der Waals surface area contributed by atoms with Gasteiger partial charge in [-0.15, -0.1) is 0 Å². The zero-order valence-electron chi connectivity index (χ0n) is 14.8. The van der Waals surface area contributed by atoms with Crippen molar-refractivity contribution in [3.63, 3.8) is 0 Å². The molecule has 2 heterocycles. The van der Waals surface area contributed by atoms with Gasteiger partial charge in [0.1, 0.15) is 5.54 Å². The maximum Gasteiger partial charge on any atom is 0.322 e. The number of carbonyl (C=O) groups is 3. The molecule has 2 aliphatic heterocycles. The van der Waals surface area contributed by atoms with Crippen LogP contribution in [0.2, 0.25) is 0 Å². The molecule has 0 radical (unpaired) electrons. The monoisotopic (exact) mass is 344 g/mol. The Kier molecular flexibility index (Phi) is 4.07. The van der Waals surface area contributed by atoms with Gasteiger partial charge >= 0.3 is 6.03 Å². The third-order valence-corrected chi connectivity index (χ3v) is 5.35. The summed E-state index contributed by atoms with van der Waals surface area (Å²) in [5.74, 6) is -0.445. The molecular formula is C18H24N4O3. The van der Waals surface area contributed by atoms with Crippen molar-refractivity contribution in [2.75, 3.05) is 13.1 Å². The highest BCUT2D eigenvalue weighted by Crippen LogP contribution is 2.29. The van der Waals surface area contributed by atoms with Gasteiger partial charge in [0.2, 0.25) is 0 Å². The van der Waals surface area contributed by atoms with E-state index in [-0.39, 0.29) is 17.4 Å². The van der Waals surface area contributed by atoms with Gasteiger partial charge in [-0.2, -0.15) is 0 Å². The van der Waals surface area contributed by atoms with Crippen LogP contribution in [-0.2, 0) is 10.3 Å². The van der Waals surface area contributed by atoms with Crippen LogP contribution in [0.3, 0.4) is 0 Å². The van der Waals surface area contributed by atoms with Gasteiger partial charge < -0.3 is 16.0 Å². The summed E-state index contributed by atoms with van der Waals surface area (Å²) in [6, 6.07) is 6.38. The molecule has 4 amide bonds. The Hall–Kier alpha value is -2.41. The fraction of sp³-hybridized carbons (Fsp3) is 0.500. The summed E-state index contributed by atoms with van der Waals surface area (Å²) in [6.45, 7) is 7.04. The summed E-state index contributed by atoms with van der Waals surface area (Å²) >= 11 is 0. The lowest BCUT2D eigenvalue weighted by Crippen LogP contribution is -2.54. The molecule has 2 unspecified atom stereocenters. The molecule has 4 N–H and O–H groups in total. The Morgan fingerprint density at radius 2 is 1.84 bits per heavy atom. The van der Waals surface area contributed by atoms with Gasteiger partial charge in [0, 0.05) is 24.7 Å². The molecule has 2 fully saturated rings. The lowest BCUT2D eigenvalue weighted by atomic mass is 9.79. The molecule has 1 aromatic carbocycles. The van der Waals surface area contributed by atoms with Gasteiger partial charge in [-0.1, -0.05) is 26.0 Å². The van der Waals surface area contributed by atoms with E-state index in [1.165, 1.54) is 0 Å². The van der Waals surface area contributed by atoms with E-state index in [4.69, 9.17) is 5.73 Å². The van der Waals surface area contributed by atoms with Crippen molar-refractivity contribution in [3.05, 3.63) is 35.4 Å². The lowest BCUT2D eigenvalue weighted by Gasteiger charge is -2.42. The van der Waals surface area contributed by atoms with Gasteiger partial charge in [0.05, 0.1) is 0 Å². The average molecular weight is 344 g/mol. The molecule has 0 saturated carbocycles. The van der Waals surface area contributed by atoms with E-state index in [2.05, 4.69) is 24.5 Å². The number of nitrogens with one attached hydrogen (secondary N) is 2. The van der Waals surface area contributed by atoms with E-state index in [9.17, 15) is 14.4 Å². The second-order valence-corrected chi connectivity index (χ2v) is 7.72. The molecule has 25 heavy (non-hydrogen) atoms. The predicted octanol–water partition coefficient (Wildman–Crippen LogP) is 0.941. The third-order valence-electron chi connectivity index (χ3n) is 5.35. The van der Waals surface area contributed by atoms with E-state index in [0.717, 1.165) is 6.42 Å². The van der Waals surface area contributed by atoms with Crippen LogP contribution in [0.1, 0.15) is 43.1 Å². The maximum absolute atomic E-state index is 12.8. The van der Waals surface area contributed by atoms with E-state index in [1.54, 1.807) is 31.2 Å². The molecule has 0 bridgehead atoms. The highest BCUT2D eigenvalue weighted by Gasteiger charge is 2.43. The van der Waals surface area contributed by atoms with Gasteiger partial charge in [-0.3, -0.25) is 14.9 Å². The van der Waals surface area contributed by atoms with Crippen LogP contribution in [0.15, 0.2) is 24.3 Å². The third kappa shape index (κ3) is 3.00. The number of likely N-dealkylation sites (tertiary alicyclic amines) is 1. The first-order valence-electron chi connectivity index (χ1n) is 8.42. The minimum atomic E-state index is -1.11. The first-order chi connectivity index (χ1) is 11.6. The van der Waals surface area contributed by atoms with Crippen molar-refractivity contribution >= 4 is 17.8 Å². The molecule has 0 aliphatic carbocycles. The number of carbonyl (C=O) groups excluding carboxylic acids is 3. The normalized spacial score (nSPS) is 28.5. The molecule has 1 aromatic rings. The molecule has 7 heteroatoms. The summed E-state index contributed by atoms with van der Waals surface area (Å²) in [5, 5.41) is 4.85. The zero-order valence-corrected chi connectivity index (χ0v) is 14.8. The van der Waals surface area contributed by atoms with Gasteiger partial charge in [-0.05, 0) is 36.5 Å². The molecule has 0 spiro atoms. The van der Waals surface area contributed by atoms with Crippen molar-refractivity contribution in [2.45, 2.75) is 38.8 Å². The Morgan fingerprint density at radius 1 is 1.20 bits per heavy atom. The van der Waals surface area contributed by atoms with Crippen molar-refractivity contribution in [3.8, 4) is 0 Å². The fourth-order valence-corrected chi connectivity index (χ4v) is 3.42. The second kappa shape index (κ2) is 5.84. The van der Waals surface area contributed by atoms with Crippen LogP contribution in [-0.4, -0.2) is 41.9 Å². The van der Waals surface area contributed by atoms with Gasteiger partial charge in [0.25, 0.3) is 11.8 Å². The number of hydrogen-bond donors (Lipinski definition) is 3. The number of urea groups is 1. The van der Waals surface area contributed by atoms with E-state index >= 15 is 0 Å². The van der Waals surface area contributed by atoms with Crippen LogP contribution in [0.25, 0.3) is 0 Å². The average Bonchev–Trinajstić information content (AvgIpc) is 2.83. The van der Waals surface area contributed by atoms with Crippen LogP contribution >= 0.6 is 0 Å². The summed E-state index contributed by atoms with van der Waals surface area (Å²) < 4.78 is 0. The molecular weight excluding hydrogens is 320 g/mol. The van der Waals surface area contributed by atoms with E-state index in [1.807, 2.05) is 4.90 Å². The van der Waals surface area contributed by atoms with Gasteiger partial charge in [-0.25, -0.2) is 4.79 Å². The first-order valence-corrected chi connectivity index (χ1v) is 8.42. The zero-order chi connectivity index (χ0) is 18.4. The second-order valence-electron chi connectivity index (χ2n) is 7.72. The highest BCUT2D eigenvalue weighted by molar-refractivity contribution is 6.07. The summed E-state index contributed by atoms with van der Waals surface area (Å²) in [7, 11) is 0. The van der Waals surface area contributed by atoms with Crippen molar-refractivity contribution in [1.82, 2.24) is 15.5 Å². The molecule has 7 nitrogen and oxygen atoms in total. The number of benzene rings is 1. The number of rotatable bonds is 2. The molecule has 0 aromatic heterocycles. The van der Waals surface area contributed by atoms with Crippen molar-refractivity contribution in [1.29, 1.82) is 0 Å². The smallest absolute Gasteiger partial charge is 0.322 e. The minimum absolute atomic E-state index is 0.0448. The van der Waals surface area contributed by atoms with Crippen molar-refractivity contribution < 1.29 is 14.4 Å². The summed E-state index contributed by atoms with van der Waals surface area (Å²) in [6.07, 6.45) is 0.779. The fourth-order valence-electron chi connectivity index (χ4n) is 3.42. The number of nitrogens with zero attached hydrogens (tertiary/aromatic N) is 1. The number of amides is 4. The Bertz CT molecular complexity index is 728. The number of imide groups is 1. The lowest BCUT2D eigenvalue weighted by molar-refractivity contribution is -0.123. The maximum atomic E-state index is 12.8. The molecule has 134 valence electrons. The van der Waals surface area contributed by atoms with Crippen molar-refractivity contribution in [2.24, 2.45) is 11.1 Å². The molecule has 2 atom stereocenters. The Labute approximate surface area is 146 Å². The predicted molar refractivity (Wildman–Crippen MR) is 92.7 cm³/mol.